The third kappa shape index (κ3) is 18.6. The van der Waals surface area contributed by atoms with Gasteiger partial charge in [0.2, 0.25) is 0 Å². The smallest absolute Gasteiger partial charge is 0.127 e. The molecule has 0 amide bonds. The van der Waals surface area contributed by atoms with Crippen LogP contribution in [-0.4, -0.2) is 23.2 Å². The predicted molar refractivity (Wildman–Crippen MR) is 313 cm³/mol. The molecule has 2 aromatic heterocycles. The van der Waals surface area contributed by atoms with Crippen molar-refractivity contribution >= 4 is 70.4 Å². The first-order valence-corrected chi connectivity index (χ1v) is 27.7. The van der Waals surface area contributed by atoms with Gasteiger partial charge in [-0.15, -0.1) is 0 Å². The number of hydrogen-bond acceptors (Lipinski definition) is 4. The van der Waals surface area contributed by atoms with Gasteiger partial charge in [-0.05, 0) is 83.6 Å². The Hall–Kier alpha value is -6.52. The average molecular weight is 957 g/mol. The van der Waals surface area contributed by atoms with E-state index in [9.17, 15) is 0 Å². The van der Waals surface area contributed by atoms with E-state index in [2.05, 4.69) is 184 Å². The first-order chi connectivity index (χ1) is 35.6. The molecule has 7 aromatic rings. The molecule has 0 spiro atoms. The molecule has 0 N–H and O–H groups in total. The van der Waals surface area contributed by atoms with Crippen molar-refractivity contribution in [2.24, 2.45) is 0 Å². The molecule has 0 fully saturated rings. The zero-order chi connectivity index (χ0) is 49.7. The summed E-state index contributed by atoms with van der Waals surface area (Å²) in [5.41, 5.74) is 10.5. The van der Waals surface area contributed by atoms with Crippen LogP contribution in [0.4, 0.5) is 0 Å². The molecule has 0 aliphatic rings. The summed E-state index contributed by atoms with van der Waals surface area (Å²) < 4.78 is 13.4. The fraction of sp³-hybridized carbons (Fsp3) is 0.353. The van der Waals surface area contributed by atoms with Crippen molar-refractivity contribution < 1.29 is 9.47 Å². The van der Waals surface area contributed by atoms with Crippen molar-refractivity contribution in [2.75, 3.05) is 13.2 Å². The van der Waals surface area contributed by atoms with E-state index in [1.54, 1.807) is 0 Å². The van der Waals surface area contributed by atoms with Gasteiger partial charge >= 0.3 is 0 Å². The minimum absolute atomic E-state index is 0.691. The lowest BCUT2D eigenvalue weighted by Gasteiger charge is -2.16. The highest BCUT2D eigenvalue weighted by molar-refractivity contribution is 5.83. The van der Waals surface area contributed by atoms with Crippen molar-refractivity contribution in [1.82, 2.24) is 9.97 Å². The summed E-state index contributed by atoms with van der Waals surface area (Å²) in [4.78, 5) is 9.64. The Labute approximate surface area is 433 Å². The molecule has 7 rings (SSSR count). The molecule has 0 unspecified atom stereocenters. The monoisotopic (exact) mass is 957 g/mol. The second-order valence-corrected chi connectivity index (χ2v) is 19.5. The topological polar surface area (TPSA) is 44.2 Å². The normalized spacial score (nSPS) is 11.9. The van der Waals surface area contributed by atoms with E-state index in [1.165, 1.54) is 116 Å². The van der Waals surface area contributed by atoms with Gasteiger partial charge < -0.3 is 9.47 Å². The molecule has 4 nitrogen and oxygen atoms in total. The molecule has 0 aliphatic carbocycles. The lowest BCUT2D eigenvalue weighted by atomic mass is 10.0. The van der Waals surface area contributed by atoms with Gasteiger partial charge in [0.25, 0.3) is 0 Å². The second-order valence-electron chi connectivity index (χ2n) is 19.5. The third-order valence-electron chi connectivity index (χ3n) is 13.6. The summed E-state index contributed by atoms with van der Waals surface area (Å²) in [6, 6.07) is 46.7. The van der Waals surface area contributed by atoms with Crippen LogP contribution < -0.4 is 9.47 Å². The number of benzene rings is 5. The van der Waals surface area contributed by atoms with Crippen LogP contribution in [0.3, 0.4) is 0 Å². The summed E-state index contributed by atoms with van der Waals surface area (Å²) in [5, 5.41) is 2.30. The summed E-state index contributed by atoms with van der Waals surface area (Å²) >= 11 is 0. The molecule has 0 aliphatic heterocycles. The van der Waals surface area contributed by atoms with E-state index in [4.69, 9.17) is 19.4 Å². The number of rotatable bonds is 32. The summed E-state index contributed by atoms with van der Waals surface area (Å²) in [5.74, 6) is 1.77. The largest absolute Gasteiger partial charge is 0.493 e. The van der Waals surface area contributed by atoms with Crippen LogP contribution in [0.5, 0.6) is 11.5 Å². The molecule has 0 saturated carbocycles. The van der Waals surface area contributed by atoms with Crippen molar-refractivity contribution in [3.8, 4) is 11.5 Å². The molecule has 0 bridgehead atoms. The number of unbranched alkanes of at least 4 members (excludes halogenated alkanes) is 18. The first-order valence-electron chi connectivity index (χ1n) is 27.7. The minimum Gasteiger partial charge on any atom is -0.493 e. The minimum atomic E-state index is 0.691. The Balaban J connectivity index is 1.06. The van der Waals surface area contributed by atoms with Gasteiger partial charge in [-0.3, -0.25) is 0 Å². The SMILES string of the molecule is CCCCCCCCCCCCOc1cc(/C=C/c2ccc(/C=C/c3ccc4ccccc4n3)cc2)c(OCCCCCCCCCCCC)cc1/C=C/c1ccc(/C=C/c2ccc3ccccc3n2)cc1. The number of para-hydroxylation sites is 2. The van der Waals surface area contributed by atoms with E-state index in [0.29, 0.717) is 13.2 Å². The van der Waals surface area contributed by atoms with Gasteiger partial charge in [0.15, 0.2) is 0 Å². The molecular weight excluding hydrogens is 877 g/mol. The quantitative estimate of drug-likeness (QED) is 0.0312. The van der Waals surface area contributed by atoms with Crippen molar-refractivity contribution in [2.45, 2.75) is 142 Å². The van der Waals surface area contributed by atoms with Crippen LogP contribution in [0.15, 0.2) is 133 Å². The van der Waals surface area contributed by atoms with Crippen molar-refractivity contribution in [3.63, 3.8) is 0 Å². The number of ether oxygens (including phenoxy) is 2. The lowest BCUT2D eigenvalue weighted by Crippen LogP contribution is -2.03. The molecule has 374 valence electrons. The molecular formula is C68H80N2O2. The third-order valence-corrected chi connectivity index (χ3v) is 13.6. The molecule has 0 radical (unpaired) electrons. The zero-order valence-corrected chi connectivity index (χ0v) is 43.6. The highest BCUT2D eigenvalue weighted by Crippen LogP contribution is 2.33. The Morgan fingerprint density at radius 2 is 0.639 bits per heavy atom. The number of pyridine rings is 2. The molecule has 5 aromatic carbocycles. The molecule has 72 heavy (non-hydrogen) atoms. The predicted octanol–water partition coefficient (Wildman–Crippen LogP) is 20.1. The maximum Gasteiger partial charge on any atom is 0.127 e. The maximum absolute atomic E-state index is 6.71. The second kappa shape index (κ2) is 31.0. The Kier molecular flexibility index (Phi) is 23.0. The summed E-state index contributed by atoms with van der Waals surface area (Å²) in [7, 11) is 0. The Morgan fingerprint density at radius 1 is 0.319 bits per heavy atom. The van der Waals surface area contributed by atoms with E-state index < -0.39 is 0 Å². The van der Waals surface area contributed by atoms with Crippen LogP contribution in [0, 0.1) is 0 Å². The van der Waals surface area contributed by atoms with Gasteiger partial charge in [-0.25, -0.2) is 9.97 Å². The fourth-order valence-electron chi connectivity index (χ4n) is 9.17. The van der Waals surface area contributed by atoms with Crippen LogP contribution >= 0.6 is 0 Å². The fourth-order valence-corrected chi connectivity index (χ4v) is 9.17. The van der Waals surface area contributed by atoms with Gasteiger partial charge in [0, 0.05) is 21.9 Å². The van der Waals surface area contributed by atoms with Crippen molar-refractivity contribution in [3.05, 3.63) is 178 Å². The molecule has 2 heterocycles. The summed E-state index contributed by atoms with van der Waals surface area (Å²) in [6.45, 7) is 5.96. The van der Waals surface area contributed by atoms with Gasteiger partial charge in [0.1, 0.15) is 11.5 Å². The van der Waals surface area contributed by atoms with Gasteiger partial charge in [-0.2, -0.15) is 0 Å². The van der Waals surface area contributed by atoms with E-state index in [-0.39, 0.29) is 0 Å². The standard InChI is InChI=1S/C68H80N2O2/c1-3-5-7-9-11-13-15-17-19-25-51-71-67-53-62(44-40-56-33-37-58(38-34-56)42-48-64-50-46-60-28-22-24-30-66(60)70-64)68(72-52-26-20-18-16-14-12-10-8-6-4-2)54-61(67)43-39-55-31-35-57(36-32-55)41-47-63-49-45-59-27-21-23-29-65(59)69-63/h21-24,27-50,53-54H,3-20,25-26,51-52H2,1-2H3/b43-39+,44-40+,47-41+,48-42+. The Bertz CT molecular complexity index is 2590. The highest BCUT2D eigenvalue weighted by Gasteiger charge is 2.11. The molecule has 4 heteroatoms. The van der Waals surface area contributed by atoms with E-state index in [0.717, 1.165) is 90.9 Å². The van der Waals surface area contributed by atoms with Crippen LogP contribution in [0.1, 0.15) is 187 Å². The molecule has 0 saturated heterocycles. The Morgan fingerprint density at radius 3 is 1.00 bits per heavy atom. The van der Waals surface area contributed by atoms with Crippen LogP contribution in [0.2, 0.25) is 0 Å². The van der Waals surface area contributed by atoms with Gasteiger partial charge in [-0.1, -0.05) is 263 Å². The number of hydrogen-bond donors (Lipinski definition) is 0. The number of fused-ring (bicyclic) bond motifs is 2. The first kappa shape index (κ1) is 53.3. The number of aromatic nitrogens is 2. The van der Waals surface area contributed by atoms with E-state index >= 15 is 0 Å². The average Bonchev–Trinajstić information content (AvgIpc) is 3.42. The molecule has 0 atom stereocenters. The van der Waals surface area contributed by atoms with E-state index in [1.807, 2.05) is 12.1 Å². The highest BCUT2D eigenvalue weighted by atomic mass is 16.5. The lowest BCUT2D eigenvalue weighted by molar-refractivity contribution is 0.295. The summed E-state index contributed by atoms with van der Waals surface area (Å²) in [6.07, 6.45) is 43.1. The zero-order valence-electron chi connectivity index (χ0n) is 43.6. The maximum atomic E-state index is 6.71. The van der Waals surface area contributed by atoms with Crippen molar-refractivity contribution in [1.29, 1.82) is 0 Å². The number of nitrogens with zero attached hydrogens (tertiary/aromatic N) is 2. The van der Waals surface area contributed by atoms with Crippen LogP contribution in [-0.2, 0) is 0 Å². The van der Waals surface area contributed by atoms with Crippen LogP contribution in [0.25, 0.3) is 70.4 Å². The van der Waals surface area contributed by atoms with Gasteiger partial charge in [0.05, 0.1) is 35.6 Å².